The Morgan fingerprint density at radius 1 is 1.10 bits per heavy atom. The highest BCUT2D eigenvalue weighted by molar-refractivity contribution is 7.92. The highest BCUT2D eigenvalue weighted by Gasteiger charge is 2.14. The monoisotopic (exact) mass is 292 g/mol. The van der Waals surface area contributed by atoms with E-state index in [0.717, 1.165) is 0 Å². The van der Waals surface area contributed by atoms with Gasteiger partial charge in [0.25, 0.3) is 10.0 Å². The van der Waals surface area contributed by atoms with Crippen LogP contribution in [0.4, 0.5) is 11.5 Å². The fourth-order valence-corrected chi connectivity index (χ4v) is 2.45. The molecule has 1 amide bonds. The topological polar surface area (TPSA) is 128 Å². The van der Waals surface area contributed by atoms with Crippen LogP contribution in [0.25, 0.3) is 0 Å². The summed E-state index contributed by atoms with van der Waals surface area (Å²) in [5.41, 5.74) is 11.2. The second kappa shape index (κ2) is 5.17. The Balaban J connectivity index is 2.24. The van der Waals surface area contributed by atoms with Crippen LogP contribution in [0.5, 0.6) is 0 Å². The molecule has 1 aromatic carbocycles. The number of aromatic nitrogens is 1. The molecule has 1 heterocycles. The van der Waals surface area contributed by atoms with Crippen molar-refractivity contribution in [3.8, 4) is 0 Å². The van der Waals surface area contributed by atoms with E-state index in [1.165, 1.54) is 42.6 Å². The van der Waals surface area contributed by atoms with E-state index in [1.807, 2.05) is 0 Å². The van der Waals surface area contributed by atoms with Crippen molar-refractivity contribution in [2.75, 3.05) is 10.5 Å². The number of amides is 1. The number of primary amides is 1. The summed E-state index contributed by atoms with van der Waals surface area (Å²) in [5, 5.41) is 0. The fourth-order valence-electron chi connectivity index (χ4n) is 1.44. The minimum atomic E-state index is -3.75. The van der Waals surface area contributed by atoms with Crippen LogP contribution in [0.2, 0.25) is 0 Å². The smallest absolute Gasteiger partial charge is 0.263 e. The van der Waals surface area contributed by atoms with Gasteiger partial charge in [-0.2, -0.15) is 0 Å². The molecule has 0 saturated heterocycles. The molecule has 0 aliphatic carbocycles. The van der Waals surface area contributed by atoms with E-state index in [0.29, 0.717) is 5.69 Å². The van der Waals surface area contributed by atoms with E-state index in [9.17, 15) is 13.2 Å². The number of sulfonamides is 1. The summed E-state index contributed by atoms with van der Waals surface area (Å²) in [6.45, 7) is 0. The van der Waals surface area contributed by atoms with Gasteiger partial charge >= 0.3 is 0 Å². The van der Waals surface area contributed by atoms with E-state index in [-0.39, 0.29) is 16.3 Å². The standard InChI is InChI=1S/C12H12N4O3S/c13-9-2-4-10(5-3-9)20(18,19)16-11-6-1-8(7-15-11)12(14)17/h1-7H,13H2,(H2,14,17)(H,15,16). The number of hydrogen-bond acceptors (Lipinski definition) is 5. The number of nitrogen functional groups attached to an aromatic ring is 1. The molecule has 5 N–H and O–H groups in total. The van der Waals surface area contributed by atoms with Gasteiger partial charge in [-0.05, 0) is 36.4 Å². The lowest BCUT2D eigenvalue weighted by atomic mass is 10.3. The first kappa shape index (κ1) is 13.8. The molecule has 7 nitrogen and oxygen atoms in total. The molecule has 104 valence electrons. The second-order valence-electron chi connectivity index (χ2n) is 3.97. The average Bonchev–Trinajstić information content (AvgIpc) is 2.39. The van der Waals surface area contributed by atoms with Gasteiger partial charge in [-0.15, -0.1) is 0 Å². The van der Waals surface area contributed by atoms with Crippen molar-refractivity contribution in [3.05, 3.63) is 48.2 Å². The highest BCUT2D eigenvalue weighted by atomic mass is 32.2. The van der Waals surface area contributed by atoms with Crippen molar-refractivity contribution in [2.24, 2.45) is 5.73 Å². The number of nitrogens with two attached hydrogens (primary N) is 2. The first-order chi connectivity index (χ1) is 9.38. The lowest BCUT2D eigenvalue weighted by Gasteiger charge is -2.07. The minimum absolute atomic E-state index is 0.0625. The third-order valence-electron chi connectivity index (χ3n) is 2.48. The number of carbonyl (C=O) groups excluding carboxylic acids is 1. The van der Waals surface area contributed by atoms with Crippen LogP contribution in [0, 0.1) is 0 Å². The van der Waals surface area contributed by atoms with E-state index >= 15 is 0 Å². The van der Waals surface area contributed by atoms with Gasteiger partial charge in [0.05, 0.1) is 10.5 Å². The van der Waals surface area contributed by atoms with Gasteiger partial charge < -0.3 is 11.5 Å². The normalized spacial score (nSPS) is 11.0. The average molecular weight is 292 g/mol. The number of carbonyl (C=O) groups is 1. The Morgan fingerprint density at radius 3 is 2.25 bits per heavy atom. The number of nitrogens with one attached hydrogen (secondary N) is 1. The van der Waals surface area contributed by atoms with Crippen LogP contribution in [0.1, 0.15) is 10.4 Å². The van der Waals surface area contributed by atoms with Crippen LogP contribution >= 0.6 is 0 Å². The van der Waals surface area contributed by atoms with Gasteiger partial charge in [-0.3, -0.25) is 9.52 Å². The summed E-state index contributed by atoms with van der Waals surface area (Å²) in [6, 6.07) is 8.48. The first-order valence-corrected chi connectivity index (χ1v) is 7.01. The maximum absolute atomic E-state index is 12.0. The van der Waals surface area contributed by atoms with Crippen molar-refractivity contribution < 1.29 is 13.2 Å². The predicted molar refractivity (Wildman–Crippen MR) is 74.4 cm³/mol. The summed E-state index contributed by atoms with van der Waals surface area (Å²) >= 11 is 0. The SMILES string of the molecule is NC(=O)c1ccc(NS(=O)(=O)c2ccc(N)cc2)nc1. The number of pyridine rings is 1. The second-order valence-corrected chi connectivity index (χ2v) is 5.65. The van der Waals surface area contributed by atoms with Crippen LogP contribution in [-0.2, 0) is 10.0 Å². The van der Waals surface area contributed by atoms with Gasteiger partial charge in [0.15, 0.2) is 0 Å². The lowest BCUT2D eigenvalue weighted by Crippen LogP contribution is -2.15. The molecule has 0 unspecified atom stereocenters. The van der Waals surface area contributed by atoms with Crippen molar-refractivity contribution in [1.29, 1.82) is 0 Å². The summed E-state index contributed by atoms with van der Waals surface area (Å²) in [4.78, 5) is 14.8. The zero-order valence-electron chi connectivity index (χ0n) is 10.3. The summed E-state index contributed by atoms with van der Waals surface area (Å²) in [6.07, 6.45) is 1.20. The largest absolute Gasteiger partial charge is 0.399 e. The summed E-state index contributed by atoms with van der Waals surface area (Å²) < 4.78 is 26.4. The molecular formula is C12H12N4O3S. The van der Waals surface area contributed by atoms with E-state index < -0.39 is 15.9 Å². The van der Waals surface area contributed by atoms with E-state index in [1.54, 1.807) is 0 Å². The Labute approximate surface area is 115 Å². The molecule has 2 rings (SSSR count). The Hall–Kier alpha value is -2.61. The zero-order valence-corrected chi connectivity index (χ0v) is 11.1. The quantitative estimate of drug-likeness (QED) is 0.709. The Kier molecular flexibility index (Phi) is 3.57. The molecule has 8 heteroatoms. The summed E-state index contributed by atoms with van der Waals surface area (Å²) in [7, 11) is -3.75. The van der Waals surface area contributed by atoms with Crippen LogP contribution in [-0.4, -0.2) is 19.3 Å². The van der Waals surface area contributed by atoms with Gasteiger partial charge in [-0.25, -0.2) is 13.4 Å². The molecule has 0 atom stereocenters. The maximum Gasteiger partial charge on any atom is 0.263 e. The number of benzene rings is 1. The molecule has 2 aromatic rings. The highest BCUT2D eigenvalue weighted by Crippen LogP contribution is 2.15. The molecule has 20 heavy (non-hydrogen) atoms. The molecule has 0 aliphatic heterocycles. The van der Waals surface area contributed by atoms with Crippen molar-refractivity contribution in [1.82, 2.24) is 4.98 Å². The first-order valence-electron chi connectivity index (χ1n) is 5.53. The van der Waals surface area contributed by atoms with Gasteiger partial charge in [0, 0.05) is 11.9 Å². The van der Waals surface area contributed by atoms with Gasteiger partial charge in [0.2, 0.25) is 5.91 Å². The number of nitrogens with zero attached hydrogens (tertiary/aromatic N) is 1. The van der Waals surface area contributed by atoms with Crippen molar-refractivity contribution in [3.63, 3.8) is 0 Å². The molecule has 0 saturated carbocycles. The lowest BCUT2D eigenvalue weighted by molar-refractivity contribution is 0.1000. The molecule has 0 aliphatic rings. The molecular weight excluding hydrogens is 280 g/mol. The minimum Gasteiger partial charge on any atom is -0.399 e. The number of anilines is 2. The van der Waals surface area contributed by atoms with Crippen LogP contribution in [0.15, 0.2) is 47.5 Å². The molecule has 0 fully saturated rings. The summed E-state index contributed by atoms with van der Waals surface area (Å²) in [5.74, 6) is -0.544. The molecule has 0 bridgehead atoms. The Bertz CT molecular complexity index is 724. The fraction of sp³-hybridized carbons (Fsp3) is 0. The van der Waals surface area contributed by atoms with Crippen molar-refractivity contribution in [2.45, 2.75) is 4.90 Å². The third-order valence-corrected chi connectivity index (χ3v) is 3.85. The maximum atomic E-state index is 12.0. The van der Waals surface area contributed by atoms with Gasteiger partial charge in [0.1, 0.15) is 5.82 Å². The third kappa shape index (κ3) is 3.04. The molecule has 0 spiro atoms. The Morgan fingerprint density at radius 2 is 1.75 bits per heavy atom. The van der Waals surface area contributed by atoms with Crippen molar-refractivity contribution >= 4 is 27.4 Å². The molecule has 1 aromatic heterocycles. The number of rotatable bonds is 4. The van der Waals surface area contributed by atoms with E-state index in [4.69, 9.17) is 11.5 Å². The van der Waals surface area contributed by atoms with Crippen LogP contribution < -0.4 is 16.2 Å². The molecule has 0 radical (unpaired) electrons. The zero-order chi connectivity index (χ0) is 14.8. The van der Waals surface area contributed by atoms with Gasteiger partial charge in [-0.1, -0.05) is 0 Å². The number of hydrogen-bond donors (Lipinski definition) is 3. The van der Waals surface area contributed by atoms with E-state index in [2.05, 4.69) is 9.71 Å². The predicted octanol–water partition coefficient (Wildman–Crippen LogP) is 0.563. The van der Waals surface area contributed by atoms with Crippen LogP contribution in [0.3, 0.4) is 0 Å².